The number of aryl methyl sites for hydroxylation is 1. The van der Waals surface area contributed by atoms with Gasteiger partial charge in [0.15, 0.2) is 4.77 Å². The molecule has 0 aliphatic rings. The lowest BCUT2D eigenvalue weighted by atomic mass is 10.2. The van der Waals surface area contributed by atoms with Gasteiger partial charge in [-0.1, -0.05) is 15.9 Å². The van der Waals surface area contributed by atoms with Crippen LogP contribution in [0.15, 0.2) is 40.9 Å². The summed E-state index contributed by atoms with van der Waals surface area (Å²) >= 11 is 8.76. The van der Waals surface area contributed by atoms with Crippen molar-refractivity contribution in [1.29, 1.82) is 0 Å². The molecule has 0 bridgehead atoms. The average Bonchev–Trinajstić information content (AvgIpc) is 2.62. The van der Waals surface area contributed by atoms with E-state index in [9.17, 15) is 4.39 Å². The van der Waals surface area contributed by atoms with Crippen LogP contribution in [-0.2, 0) is 0 Å². The van der Waals surface area contributed by atoms with Crippen LogP contribution in [0.25, 0.3) is 16.7 Å². The van der Waals surface area contributed by atoms with E-state index in [0.717, 1.165) is 26.8 Å². The van der Waals surface area contributed by atoms with Crippen molar-refractivity contribution in [1.82, 2.24) is 9.55 Å². The Morgan fingerprint density at radius 2 is 2.00 bits per heavy atom. The Hall–Kier alpha value is -1.46. The molecule has 1 aromatic heterocycles. The summed E-state index contributed by atoms with van der Waals surface area (Å²) in [5, 5.41) is 0. The van der Waals surface area contributed by atoms with Gasteiger partial charge in [0.2, 0.25) is 0 Å². The van der Waals surface area contributed by atoms with Gasteiger partial charge in [-0.2, -0.15) is 0 Å². The molecule has 1 heterocycles. The van der Waals surface area contributed by atoms with Gasteiger partial charge in [0.1, 0.15) is 5.82 Å². The summed E-state index contributed by atoms with van der Waals surface area (Å²) < 4.78 is 16.9. The minimum atomic E-state index is -0.261. The Bertz CT molecular complexity index is 815. The minimum Gasteiger partial charge on any atom is -0.330 e. The average molecular weight is 337 g/mol. The summed E-state index contributed by atoms with van der Waals surface area (Å²) in [6.07, 6.45) is 0. The lowest BCUT2D eigenvalue weighted by Crippen LogP contribution is -1.95. The molecule has 2 aromatic carbocycles. The SMILES string of the molecule is Cc1cc(F)cc(-n2c(=S)[nH]c3cc(Br)ccc32)c1. The summed E-state index contributed by atoms with van der Waals surface area (Å²) in [5.41, 5.74) is 3.44. The number of aromatic amines is 1. The third kappa shape index (κ3) is 2.24. The second kappa shape index (κ2) is 4.58. The Morgan fingerprint density at radius 1 is 1.21 bits per heavy atom. The van der Waals surface area contributed by atoms with Crippen LogP contribution in [0.4, 0.5) is 4.39 Å². The third-order valence-corrected chi connectivity index (χ3v) is 3.71. The topological polar surface area (TPSA) is 20.7 Å². The number of hydrogen-bond donors (Lipinski definition) is 1. The van der Waals surface area contributed by atoms with E-state index < -0.39 is 0 Å². The van der Waals surface area contributed by atoms with Crippen LogP contribution in [0.2, 0.25) is 0 Å². The molecule has 0 atom stereocenters. The Labute approximate surface area is 123 Å². The number of fused-ring (bicyclic) bond motifs is 1. The van der Waals surface area contributed by atoms with E-state index in [-0.39, 0.29) is 5.82 Å². The largest absolute Gasteiger partial charge is 0.330 e. The van der Waals surface area contributed by atoms with Crippen molar-refractivity contribution < 1.29 is 4.39 Å². The van der Waals surface area contributed by atoms with Gasteiger partial charge in [0, 0.05) is 4.47 Å². The summed E-state index contributed by atoms with van der Waals surface area (Å²) in [6, 6.07) is 10.7. The van der Waals surface area contributed by atoms with Crippen LogP contribution in [0.5, 0.6) is 0 Å². The normalized spacial score (nSPS) is 11.1. The molecule has 19 heavy (non-hydrogen) atoms. The predicted octanol–water partition coefficient (Wildman–Crippen LogP) is 4.90. The second-order valence-electron chi connectivity index (χ2n) is 4.41. The zero-order chi connectivity index (χ0) is 13.6. The van der Waals surface area contributed by atoms with Crippen molar-refractivity contribution in [3.05, 3.63) is 57.0 Å². The number of halogens is 2. The van der Waals surface area contributed by atoms with E-state index in [4.69, 9.17) is 12.2 Å². The van der Waals surface area contributed by atoms with Gasteiger partial charge in [0.25, 0.3) is 0 Å². The van der Waals surface area contributed by atoms with Crippen molar-refractivity contribution in [2.24, 2.45) is 0 Å². The lowest BCUT2D eigenvalue weighted by Gasteiger charge is -2.06. The molecule has 5 heteroatoms. The molecule has 0 aliphatic carbocycles. The molecule has 0 unspecified atom stereocenters. The molecule has 0 amide bonds. The highest BCUT2D eigenvalue weighted by Crippen LogP contribution is 2.23. The molecule has 0 fully saturated rings. The molecule has 2 nitrogen and oxygen atoms in total. The Kier molecular flexibility index (Phi) is 3.03. The Morgan fingerprint density at radius 3 is 2.74 bits per heavy atom. The quantitative estimate of drug-likeness (QED) is 0.627. The molecule has 3 rings (SSSR count). The van der Waals surface area contributed by atoms with Crippen LogP contribution in [0.3, 0.4) is 0 Å². The summed E-state index contributed by atoms with van der Waals surface area (Å²) in [4.78, 5) is 3.13. The molecule has 1 N–H and O–H groups in total. The molecule has 0 aliphatic heterocycles. The maximum absolute atomic E-state index is 13.6. The van der Waals surface area contributed by atoms with Crippen LogP contribution in [-0.4, -0.2) is 9.55 Å². The summed E-state index contributed by atoms with van der Waals surface area (Å²) in [6.45, 7) is 1.86. The van der Waals surface area contributed by atoms with E-state index in [0.29, 0.717) is 4.77 Å². The number of nitrogens with one attached hydrogen (secondary N) is 1. The first-order valence-electron chi connectivity index (χ1n) is 5.72. The van der Waals surface area contributed by atoms with Crippen LogP contribution >= 0.6 is 28.1 Å². The molecule has 0 radical (unpaired) electrons. The van der Waals surface area contributed by atoms with E-state index in [1.807, 2.05) is 35.8 Å². The smallest absolute Gasteiger partial charge is 0.182 e. The highest BCUT2D eigenvalue weighted by atomic mass is 79.9. The van der Waals surface area contributed by atoms with Gasteiger partial charge in [-0.05, 0) is 61.1 Å². The standard InChI is InChI=1S/C14H10BrFN2S/c1-8-4-10(16)7-11(5-8)18-13-3-2-9(15)6-12(13)17-14(18)19/h2-7H,1H3,(H,17,19). The third-order valence-electron chi connectivity index (χ3n) is 2.93. The van der Waals surface area contributed by atoms with Gasteiger partial charge >= 0.3 is 0 Å². The zero-order valence-corrected chi connectivity index (χ0v) is 12.5. The van der Waals surface area contributed by atoms with Gasteiger partial charge in [-0.3, -0.25) is 4.57 Å². The zero-order valence-electron chi connectivity index (χ0n) is 10.1. The van der Waals surface area contributed by atoms with Gasteiger partial charge in [-0.25, -0.2) is 4.39 Å². The second-order valence-corrected chi connectivity index (χ2v) is 5.72. The summed E-state index contributed by atoms with van der Waals surface area (Å²) in [5.74, 6) is -0.261. The number of benzene rings is 2. The Balaban J connectivity index is 2.36. The van der Waals surface area contributed by atoms with Crippen molar-refractivity contribution >= 4 is 39.2 Å². The molecule has 0 saturated carbocycles. The van der Waals surface area contributed by atoms with Gasteiger partial charge in [0.05, 0.1) is 16.7 Å². The molecular weight excluding hydrogens is 327 g/mol. The van der Waals surface area contributed by atoms with E-state index in [1.165, 1.54) is 12.1 Å². The number of imidazole rings is 1. The maximum atomic E-state index is 13.6. The van der Waals surface area contributed by atoms with Gasteiger partial charge < -0.3 is 4.98 Å². The first kappa shape index (κ1) is 12.6. The van der Waals surface area contributed by atoms with Crippen molar-refractivity contribution in [3.8, 4) is 5.69 Å². The molecule has 0 saturated heterocycles. The fraction of sp³-hybridized carbons (Fsp3) is 0.0714. The van der Waals surface area contributed by atoms with Crippen molar-refractivity contribution in [2.45, 2.75) is 6.92 Å². The highest BCUT2D eigenvalue weighted by Gasteiger charge is 2.08. The summed E-state index contributed by atoms with van der Waals surface area (Å²) in [7, 11) is 0. The number of nitrogens with zero attached hydrogens (tertiary/aromatic N) is 1. The number of rotatable bonds is 1. The predicted molar refractivity (Wildman–Crippen MR) is 80.9 cm³/mol. The molecule has 3 aromatic rings. The van der Waals surface area contributed by atoms with Crippen molar-refractivity contribution in [2.75, 3.05) is 0 Å². The molecular formula is C14H10BrFN2S. The molecule has 0 spiro atoms. The number of hydrogen-bond acceptors (Lipinski definition) is 1. The first-order chi connectivity index (χ1) is 9.04. The maximum Gasteiger partial charge on any atom is 0.182 e. The van der Waals surface area contributed by atoms with Crippen LogP contribution < -0.4 is 0 Å². The highest BCUT2D eigenvalue weighted by molar-refractivity contribution is 9.10. The van der Waals surface area contributed by atoms with E-state index >= 15 is 0 Å². The van der Waals surface area contributed by atoms with Gasteiger partial charge in [-0.15, -0.1) is 0 Å². The first-order valence-corrected chi connectivity index (χ1v) is 6.92. The number of H-pyrrole nitrogens is 1. The monoisotopic (exact) mass is 336 g/mol. The van der Waals surface area contributed by atoms with E-state index in [1.54, 1.807) is 0 Å². The number of aromatic nitrogens is 2. The fourth-order valence-electron chi connectivity index (χ4n) is 2.19. The molecule has 96 valence electrons. The van der Waals surface area contributed by atoms with Crippen molar-refractivity contribution in [3.63, 3.8) is 0 Å². The van der Waals surface area contributed by atoms with E-state index in [2.05, 4.69) is 20.9 Å². The van der Waals surface area contributed by atoms with Crippen LogP contribution in [0, 0.1) is 17.5 Å². The fourth-order valence-corrected chi connectivity index (χ4v) is 2.86. The van der Waals surface area contributed by atoms with Crippen LogP contribution in [0.1, 0.15) is 5.56 Å². The lowest BCUT2D eigenvalue weighted by molar-refractivity contribution is 0.625. The minimum absolute atomic E-state index is 0.261.